The molecular weight excluding hydrogens is 1270 g/mol. The molecule has 6 aliphatic carbocycles. The lowest BCUT2D eigenvalue weighted by atomic mass is 9.46. The van der Waals surface area contributed by atoms with Crippen LogP contribution in [0.25, 0.3) is 21.8 Å². The van der Waals surface area contributed by atoms with E-state index in [1.54, 1.807) is 38.0 Å². The second kappa shape index (κ2) is 25.5. The number of aliphatic hydroxyl groups is 2. The van der Waals surface area contributed by atoms with Gasteiger partial charge in [-0.2, -0.15) is 0 Å². The third-order valence-corrected chi connectivity index (χ3v) is 22.4. The molecule has 2 amide bonds. The van der Waals surface area contributed by atoms with Crippen LogP contribution in [0.4, 0.5) is 29.7 Å². The van der Waals surface area contributed by atoms with Crippen molar-refractivity contribution in [2.45, 2.75) is 140 Å². The number of Topliss-reactive ketones (excluding diaryl/α,β-unsaturated/α-hetero) is 1. The number of methoxy groups -OCH3 is 2. The van der Waals surface area contributed by atoms with E-state index in [-0.39, 0.29) is 132 Å². The lowest BCUT2D eigenvalue weighted by molar-refractivity contribution is -0.181. The quantitative estimate of drug-likeness (QED) is 0.0519. The number of ketones is 2. The number of carboxylic acid groups (broad SMARTS) is 1. The van der Waals surface area contributed by atoms with Gasteiger partial charge in [0.1, 0.15) is 28.1 Å². The molecule has 2 aromatic carbocycles. The fourth-order valence-corrected chi connectivity index (χ4v) is 17.4. The molecule has 518 valence electrons. The number of ether oxygens (including phenoxy) is 7. The van der Waals surface area contributed by atoms with Gasteiger partial charge in [-0.15, -0.1) is 0 Å². The lowest BCUT2D eigenvalue weighted by Crippen LogP contribution is -2.61. The Labute approximate surface area is 554 Å². The fraction of sp³-hybridized carbons (Fsp3) is 0.565. The van der Waals surface area contributed by atoms with Crippen LogP contribution >= 0.6 is 0 Å². The van der Waals surface area contributed by atoms with E-state index >= 15 is 8.78 Å². The van der Waals surface area contributed by atoms with Gasteiger partial charge in [-0.25, -0.2) is 28.0 Å². The smallest absolute Gasteiger partial charge is 0.413 e. The molecule has 97 heavy (non-hydrogen) atoms. The van der Waals surface area contributed by atoms with Crippen molar-refractivity contribution in [3.05, 3.63) is 91.5 Å². The molecule has 9 aliphatic rings. The highest BCUT2D eigenvalue weighted by Crippen LogP contribution is 2.67. The van der Waals surface area contributed by atoms with Crippen molar-refractivity contribution in [3.63, 3.8) is 0 Å². The number of piperazine rings is 1. The van der Waals surface area contributed by atoms with Gasteiger partial charge in [0.25, 0.3) is 0 Å². The van der Waals surface area contributed by atoms with Crippen LogP contribution in [0, 0.1) is 46.1 Å². The number of nitrogens with zero attached hydrogens (tertiary/aromatic N) is 6. The van der Waals surface area contributed by atoms with Crippen molar-refractivity contribution in [1.29, 1.82) is 0 Å². The van der Waals surface area contributed by atoms with Gasteiger partial charge in [0.05, 0.1) is 61.0 Å². The summed E-state index contributed by atoms with van der Waals surface area (Å²) in [5, 5.41) is 33.2. The number of aromatic carboxylic acids is 1. The molecule has 5 heterocycles. The van der Waals surface area contributed by atoms with Crippen molar-refractivity contribution >= 4 is 80.8 Å². The van der Waals surface area contributed by atoms with Crippen LogP contribution in [0.5, 0.6) is 11.5 Å². The average Bonchev–Trinajstić information content (AvgIpc) is 1.35. The molecule has 0 radical (unpaired) electrons. The molecule has 10 unspecified atom stereocenters. The summed E-state index contributed by atoms with van der Waals surface area (Å²) in [6.07, 6.45) is 10.3. The van der Waals surface area contributed by atoms with Crippen molar-refractivity contribution in [1.82, 2.24) is 18.9 Å². The molecule has 3 aliphatic heterocycles. The largest absolute Gasteiger partial charge is 0.492 e. The molecule has 28 heteroatoms. The Morgan fingerprint density at radius 1 is 0.691 bits per heavy atom. The van der Waals surface area contributed by atoms with E-state index in [0.717, 1.165) is 30.5 Å². The minimum Gasteiger partial charge on any atom is -0.492 e. The van der Waals surface area contributed by atoms with Gasteiger partial charge < -0.3 is 77.2 Å². The summed E-state index contributed by atoms with van der Waals surface area (Å²) in [4.78, 5) is 138. The van der Waals surface area contributed by atoms with Crippen LogP contribution in [-0.4, -0.2) is 179 Å². The number of aromatic nitrogens is 2. The van der Waals surface area contributed by atoms with E-state index in [9.17, 15) is 63.3 Å². The van der Waals surface area contributed by atoms with Gasteiger partial charge in [-0.1, -0.05) is 25.5 Å². The van der Waals surface area contributed by atoms with Gasteiger partial charge in [0, 0.05) is 86.5 Å². The Bertz CT molecular complexity index is 4180. The summed E-state index contributed by atoms with van der Waals surface area (Å²) in [7, 11) is 2.66. The highest BCUT2D eigenvalue weighted by molar-refractivity contribution is 6.02. The van der Waals surface area contributed by atoms with Gasteiger partial charge >= 0.3 is 36.1 Å². The molecule has 0 spiro atoms. The van der Waals surface area contributed by atoms with E-state index in [2.05, 4.69) is 0 Å². The van der Waals surface area contributed by atoms with Crippen LogP contribution in [-0.2, 0) is 42.9 Å². The van der Waals surface area contributed by atoms with E-state index in [4.69, 9.17) is 33.2 Å². The molecular formula is C69H78F2N6O20. The number of carbonyl (C=O) groups excluding carboxylic acids is 7. The predicted molar refractivity (Wildman–Crippen MR) is 339 cm³/mol. The number of fused-ring (bicyclic) bond motifs is 8. The molecule has 8 fully saturated rings. The third-order valence-electron chi connectivity index (χ3n) is 22.4. The fourth-order valence-electron chi connectivity index (χ4n) is 17.4. The number of benzene rings is 2. The summed E-state index contributed by atoms with van der Waals surface area (Å²) >= 11 is 0. The Hall–Kier alpha value is -8.92. The second-order valence-corrected chi connectivity index (χ2v) is 27.9. The maximum atomic E-state index is 16.7. The summed E-state index contributed by atoms with van der Waals surface area (Å²) < 4.78 is 74.4. The zero-order valence-corrected chi connectivity index (χ0v) is 54.5. The normalized spacial score (nSPS) is 28.1. The molecule has 5 saturated carbocycles. The number of hydrogen-bond acceptors (Lipinski definition) is 21. The standard InChI is InChI=1S/C69H78F2N6O20/c1-35-27-72(21-22-74(35)65(88)96-33-94-53(82)15-14-52(81)93-32-51(80)69(90)19-17-46-41-13-8-37-23-40(78)16-18-67(37,2)54(41)50(79)26-68(46,69)3)57-47(70)25-43-56(61(57)91-4)77(39-11-12-39)30-45(60(43)84)64(87)95-34-97-66(89)75-20-6-7-36-28-73(31-49(36)75)58-48(71)24-42-55(62(58)92-5)76(38-9-10-38)29-44(59(42)83)63(85)86/h16,18,23-25,29-30,35-36,38-39,41,46,49-50,54,79,90H,6-15,17,19-22,26-28,31-34H2,1-5H3,(H,85,86). The van der Waals surface area contributed by atoms with Gasteiger partial charge in [0.15, 0.2) is 35.5 Å². The number of esters is 3. The first-order valence-corrected chi connectivity index (χ1v) is 33.2. The van der Waals surface area contributed by atoms with Gasteiger partial charge in [-0.3, -0.25) is 28.8 Å². The van der Waals surface area contributed by atoms with Gasteiger partial charge in [-0.05, 0) is 120 Å². The number of anilines is 2. The number of pyridine rings is 2. The summed E-state index contributed by atoms with van der Waals surface area (Å²) in [5.41, 5.74) is -4.55. The zero-order chi connectivity index (χ0) is 68.9. The van der Waals surface area contributed by atoms with E-state index in [1.807, 2.05) is 19.9 Å². The molecule has 10 atom stereocenters. The van der Waals surface area contributed by atoms with Crippen molar-refractivity contribution in [3.8, 4) is 11.5 Å². The highest BCUT2D eigenvalue weighted by Gasteiger charge is 2.68. The van der Waals surface area contributed by atoms with E-state index in [0.29, 0.717) is 51.5 Å². The first kappa shape index (κ1) is 66.7. The Morgan fingerprint density at radius 2 is 1.29 bits per heavy atom. The molecule has 3 N–H and O–H groups in total. The average molecular weight is 1350 g/mol. The SMILES string of the molecule is COc1c(N2CC3CCCN(C(=O)OCOC(=O)c4cn(C5CC5)c5c(OC)c(N6CCN(C(=O)OCOC(=O)CCC(=O)OCC(=O)C7(O)CCC8C9CCC%10=CC(=O)C=CC%10(C)C9C(O)CC87C)C(C)C6)c(F)cc5c4=O)C3C2)c(F)cc2c(=O)c(C(=O)O)cn(C3CC3)c12. The van der Waals surface area contributed by atoms with Gasteiger partial charge in [0.2, 0.25) is 30.2 Å². The number of rotatable bonds is 18. The minimum atomic E-state index is -1.88. The molecule has 13 rings (SSSR count). The highest BCUT2D eigenvalue weighted by atomic mass is 19.1. The first-order chi connectivity index (χ1) is 46.3. The summed E-state index contributed by atoms with van der Waals surface area (Å²) in [6.45, 7) is 3.90. The maximum Gasteiger partial charge on any atom is 0.413 e. The number of piperidine rings is 1. The molecule has 26 nitrogen and oxygen atoms in total. The third kappa shape index (κ3) is 11.6. The minimum absolute atomic E-state index is 0.000699. The van der Waals surface area contributed by atoms with Crippen molar-refractivity contribution in [2.24, 2.45) is 34.5 Å². The monoisotopic (exact) mass is 1350 g/mol. The Balaban J connectivity index is 0.588. The zero-order valence-electron chi connectivity index (χ0n) is 54.5. The molecule has 0 bridgehead atoms. The van der Waals surface area contributed by atoms with Crippen LogP contribution in [0.2, 0.25) is 0 Å². The molecule has 2 aromatic heterocycles. The number of allylic oxidation sites excluding steroid dienone is 4. The number of aliphatic hydroxyl groups excluding tert-OH is 1. The second-order valence-electron chi connectivity index (χ2n) is 27.9. The number of carbonyl (C=O) groups is 8. The van der Waals surface area contributed by atoms with Crippen molar-refractivity contribution in [2.75, 3.05) is 83.5 Å². The molecule has 3 saturated heterocycles. The maximum absolute atomic E-state index is 16.7. The summed E-state index contributed by atoms with van der Waals surface area (Å²) in [6, 6.07) is 0.622. The first-order valence-electron chi connectivity index (χ1n) is 33.2. The lowest BCUT2D eigenvalue weighted by Gasteiger charge is -2.59. The van der Waals surface area contributed by atoms with Crippen LogP contribution in [0.3, 0.4) is 0 Å². The number of halogens is 2. The Morgan fingerprint density at radius 3 is 1.91 bits per heavy atom. The van der Waals surface area contributed by atoms with Crippen LogP contribution in [0.1, 0.15) is 137 Å². The van der Waals surface area contributed by atoms with Crippen LogP contribution in [0.15, 0.2) is 57.9 Å². The van der Waals surface area contributed by atoms with Crippen LogP contribution < -0.4 is 30.1 Å². The predicted octanol–water partition coefficient (Wildman–Crippen LogP) is 6.88. The number of amides is 2. The topological polar surface area (TPSA) is 319 Å². The number of hydrogen-bond donors (Lipinski definition) is 3. The number of carboxylic acids is 1. The summed E-state index contributed by atoms with van der Waals surface area (Å²) in [5.74, 6) is -7.26. The van der Waals surface area contributed by atoms with Crippen molar-refractivity contribution < 1.29 is 95.6 Å². The number of likely N-dealkylation sites (tertiary alicyclic amines) is 1. The van der Waals surface area contributed by atoms with E-state index in [1.165, 1.54) is 36.4 Å². The molecule has 4 aromatic rings. The van der Waals surface area contributed by atoms with E-state index < -0.39 is 143 Å². The Kier molecular flexibility index (Phi) is 17.5.